The van der Waals surface area contributed by atoms with Crippen LogP contribution in [-0.4, -0.2) is 25.0 Å². The predicted molar refractivity (Wildman–Crippen MR) is 38.3 cm³/mol. The maximum Gasteiger partial charge on any atom is 0.190 e. The van der Waals surface area contributed by atoms with Crippen molar-refractivity contribution in [2.24, 2.45) is 0 Å². The Labute approximate surface area is 65.8 Å². The lowest BCUT2D eigenvalue weighted by Crippen LogP contribution is -1.87. The van der Waals surface area contributed by atoms with E-state index in [0.717, 1.165) is 5.39 Å². The van der Waals surface area contributed by atoms with Crippen molar-refractivity contribution in [3.8, 4) is 0 Å². The molecule has 0 radical (unpaired) electrons. The lowest BCUT2D eigenvalue weighted by molar-refractivity contribution is 0.455. The summed E-state index contributed by atoms with van der Waals surface area (Å²) < 4.78 is 6.47. The molecule has 0 fully saturated rings. The zero-order valence-corrected chi connectivity index (χ0v) is 5.88. The Hall–Kier alpha value is -1.98. The molecule has 6 heteroatoms. The van der Waals surface area contributed by atoms with Crippen LogP contribution >= 0.6 is 0 Å². The van der Waals surface area contributed by atoms with E-state index >= 15 is 0 Å². The summed E-state index contributed by atoms with van der Waals surface area (Å²) in [5.41, 5.74) is 1.28. The minimum Gasteiger partial charge on any atom is -0.354 e. The van der Waals surface area contributed by atoms with Gasteiger partial charge in [-0.15, -0.1) is 10.2 Å². The number of fused-ring (bicyclic) bond motifs is 3. The van der Waals surface area contributed by atoms with E-state index in [9.17, 15) is 0 Å². The Morgan fingerprint density at radius 3 is 3.33 bits per heavy atom. The van der Waals surface area contributed by atoms with Gasteiger partial charge in [-0.25, -0.2) is 0 Å². The highest BCUT2D eigenvalue weighted by molar-refractivity contribution is 5.88. The Morgan fingerprint density at radius 2 is 2.33 bits per heavy atom. The predicted octanol–water partition coefficient (Wildman–Crippen LogP) is 0.265. The molecule has 0 aliphatic rings. The van der Waals surface area contributed by atoms with E-state index < -0.39 is 0 Å². The second-order valence-corrected chi connectivity index (χ2v) is 2.35. The van der Waals surface area contributed by atoms with E-state index in [1.165, 1.54) is 6.33 Å². The van der Waals surface area contributed by atoms with E-state index in [2.05, 4.69) is 20.5 Å². The number of nitrogens with zero attached hydrogens (tertiary/aromatic N) is 5. The average Bonchev–Trinajstić information content (AvgIpc) is 2.71. The lowest BCUT2D eigenvalue weighted by Gasteiger charge is -1.87. The summed E-state index contributed by atoms with van der Waals surface area (Å²) in [7, 11) is 0. The van der Waals surface area contributed by atoms with Gasteiger partial charge in [0.25, 0.3) is 0 Å². The summed E-state index contributed by atoms with van der Waals surface area (Å²) in [6, 6.07) is 0. The van der Waals surface area contributed by atoms with Crippen molar-refractivity contribution in [2.45, 2.75) is 0 Å². The minimum atomic E-state index is 0.621. The molecule has 0 unspecified atom stereocenters. The Morgan fingerprint density at radius 1 is 1.33 bits per heavy atom. The lowest BCUT2D eigenvalue weighted by atomic mass is 10.4. The van der Waals surface area contributed by atoms with E-state index in [0.29, 0.717) is 11.2 Å². The minimum absolute atomic E-state index is 0.621. The van der Waals surface area contributed by atoms with Crippen LogP contribution in [0.4, 0.5) is 0 Å². The molecule has 12 heavy (non-hydrogen) atoms. The second kappa shape index (κ2) is 1.79. The van der Waals surface area contributed by atoms with Gasteiger partial charge in [-0.2, -0.15) is 9.61 Å². The SMILES string of the molecule is c1nn2cnnc2c2cnoc12. The molecule has 0 aliphatic heterocycles. The number of rotatable bonds is 0. The van der Waals surface area contributed by atoms with Crippen molar-refractivity contribution in [3.63, 3.8) is 0 Å². The second-order valence-electron chi connectivity index (χ2n) is 2.35. The van der Waals surface area contributed by atoms with E-state index in [1.54, 1.807) is 16.9 Å². The summed E-state index contributed by atoms with van der Waals surface area (Å²) in [6.07, 6.45) is 4.71. The molecule has 3 heterocycles. The molecule has 0 amide bonds. The zero-order chi connectivity index (χ0) is 7.97. The molecule has 3 aromatic heterocycles. The molecule has 0 saturated heterocycles. The van der Waals surface area contributed by atoms with Gasteiger partial charge in [0.05, 0.1) is 17.8 Å². The molecule has 58 valence electrons. The maximum absolute atomic E-state index is 4.90. The van der Waals surface area contributed by atoms with Crippen LogP contribution in [0.15, 0.2) is 23.2 Å². The normalized spacial score (nSPS) is 11.3. The van der Waals surface area contributed by atoms with Crippen molar-refractivity contribution in [2.75, 3.05) is 0 Å². The number of aromatic nitrogens is 5. The van der Waals surface area contributed by atoms with Crippen LogP contribution < -0.4 is 0 Å². The van der Waals surface area contributed by atoms with Crippen LogP contribution in [0.3, 0.4) is 0 Å². The highest BCUT2D eigenvalue weighted by Crippen LogP contribution is 2.14. The molecule has 0 aliphatic carbocycles. The smallest absolute Gasteiger partial charge is 0.190 e. The first-order chi connectivity index (χ1) is 5.95. The number of hydrogen-bond donors (Lipinski definition) is 0. The molecule has 0 atom stereocenters. The fraction of sp³-hybridized carbons (Fsp3) is 0. The molecular weight excluding hydrogens is 158 g/mol. The molecule has 0 N–H and O–H groups in total. The van der Waals surface area contributed by atoms with Gasteiger partial charge in [0, 0.05) is 0 Å². The molecule has 0 aromatic carbocycles. The summed E-state index contributed by atoms with van der Waals surface area (Å²) in [4.78, 5) is 0. The van der Waals surface area contributed by atoms with Gasteiger partial charge in [-0.05, 0) is 0 Å². The fourth-order valence-electron chi connectivity index (χ4n) is 1.12. The van der Waals surface area contributed by atoms with Crippen LogP contribution in [0.1, 0.15) is 0 Å². The van der Waals surface area contributed by atoms with Crippen LogP contribution in [0.5, 0.6) is 0 Å². The monoisotopic (exact) mass is 161 g/mol. The topological polar surface area (TPSA) is 69.1 Å². The summed E-state index contributed by atoms with van der Waals surface area (Å²) in [5.74, 6) is 0. The van der Waals surface area contributed by atoms with Crippen LogP contribution in [0.25, 0.3) is 16.6 Å². The molecule has 6 nitrogen and oxygen atoms in total. The van der Waals surface area contributed by atoms with Crippen molar-refractivity contribution in [1.82, 2.24) is 25.0 Å². The third-order valence-corrected chi connectivity index (χ3v) is 1.67. The summed E-state index contributed by atoms with van der Waals surface area (Å²) in [6.45, 7) is 0. The Balaban J connectivity index is 2.71. The third kappa shape index (κ3) is 0.541. The van der Waals surface area contributed by atoms with E-state index in [1.807, 2.05) is 0 Å². The largest absolute Gasteiger partial charge is 0.354 e. The summed E-state index contributed by atoms with van der Waals surface area (Å²) >= 11 is 0. The van der Waals surface area contributed by atoms with Crippen molar-refractivity contribution in [1.29, 1.82) is 0 Å². The van der Waals surface area contributed by atoms with Crippen molar-refractivity contribution < 1.29 is 4.52 Å². The standard InChI is InChI=1S/C6H3N5O/c1-4-5(12-9-1)2-8-11-3-7-10-6(4)11/h1-3H. The van der Waals surface area contributed by atoms with Crippen LogP contribution in [0.2, 0.25) is 0 Å². The van der Waals surface area contributed by atoms with Gasteiger partial charge >= 0.3 is 0 Å². The molecule has 0 saturated carbocycles. The highest BCUT2D eigenvalue weighted by atomic mass is 16.5. The quantitative estimate of drug-likeness (QED) is 0.473. The molecule has 0 spiro atoms. The van der Waals surface area contributed by atoms with Gasteiger partial charge in [0.2, 0.25) is 0 Å². The number of hydrogen-bond acceptors (Lipinski definition) is 5. The zero-order valence-electron chi connectivity index (χ0n) is 5.88. The van der Waals surface area contributed by atoms with E-state index in [4.69, 9.17) is 4.52 Å². The third-order valence-electron chi connectivity index (χ3n) is 1.67. The average molecular weight is 161 g/mol. The van der Waals surface area contributed by atoms with Gasteiger partial charge in [0.15, 0.2) is 11.2 Å². The van der Waals surface area contributed by atoms with Crippen LogP contribution in [-0.2, 0) is 0 Å². The fourth-order valence-corrected chi connectivity index (χ4v) is 1.12. The molecule has 3 rings (SSSR count). The highest BCUT2D eigenvalue weighted by Gasteiger charge is 2.05. The molecule has 0 bridgehead atoms. The van der Waals surface area contributed by atoms with Gasteiger partial charge in [-0.1, -0.05) is 5.16 Å². The van der Waals surface area contributed by atoms with Crippen LogP contribution in [0, 0.1) is 0 Å². The molecule has 3 aromatic rings. The van der Waals surface area contributed by atoms with Gasteiger partial charge < -0.3 is 4.52 Å². The Kier molecular flexibility index (Phi) is 0.840. The van der Waals surface area contributed by atoms with Crippen molar-refractivity contribution in [3.05, 3.63) is 18.7 Å². The maximum atomic E-state index is 4.90. The first kappa shape index (κ1) is 5.64. The first-order valence-corrected chi connectivity index (χ1v) is 3.34. The van der Waals surface area contributed by atoms with Crippen molar-refractivity contribution >= 4 is 16.6 Å². The Bertz CT molecular complexity index is 489. The summed E-state index contributed by atoms with van der Waals surface area (Å²) in [5, 5.41) is 16.0. The van der Waals surface area contributed by atoms with E-state index in [-0.39, 0.29) is 0 Å². The first-order valence-electron chi connectivity index (χ1n) is 3.34. The van der Waals surface area contributed by atoms with Gasteiger partial charge in [0.1, 0.15) is 6.33 Å². The van der Waals surface area contributed by atoms with Gasteiger partial charge in [-0.3, -0.25) is 0 Å². The molecular formula is C6H3N5O.